The van der Waals surface area contributed by atoms with Crippen LogP contribution in [0.3, 0.4) is 0 Å². The van der Waals surface area contributed by atoms with Crippen LogP contribution < -0.4 is 0 Å². The number of rotatable bonds is 4. The van der Waals surface area contributed by atoms with Gasteiger partial charge < -0.3 is 10.0 Å². The second-order valence-electron chi connectivity index (χ2n) is 10.4. The second kappa shape index (κ2) is 9.50. The molecule has 1 aliphatic rings. The minimum absolute atomic E-state index is 0. The number of carbonyl (C=O) groups is 1. The van der Waals surface area contributed by atoms with Crippen LogP contribution in [0, 0.1) is 5.41 Å². The predicted molar refractivity (Wildman–Crippen MR) is 135 cm³/mol. The molecule has 1 aliphatic heterocycles. The third kappa shape index (κ3) is 5.60. The SMILES string of the molecule is CC(C)(C)c1cc(C(=O)CN2CC/C(=C/c3ccccc3)C2=N)cc(C(C)(C)C)c1O.Cl. The van der Waals surface area contributed by atoms with Gasteiger partial charge in [0.05, 0.1) is 6.54 Å². The van der Waals surface area contributed by atoms with Gasteiger partial charge in [-0.25, -0.2) is 0 Å². The maximum atomic E-state index is 13.2. The van der Waals surface area contributed by atoms with Gasteiger partial charge in [0.1, 0.15) is 11.6 Å². The number of hydrogen-bond acceptors (Lipinski definition) is 3. The van der Waals surface area contributed by atoms with Crippen LogP contribution in [0.25, 0.3) is 6.08 Å². The summed E-state index contributed by atoms with van der Waals surface area (Å²) in [6.45, 7) is 13.1. The molecule has 172 valence electrons. The quantitative estimate of drug-likeness (QED) is 0.528. The van der Waals surface area contributed by atoms with E-state index in [0.29, 0.717) is 17.9 Å². The van der Waals surface area contributed by atoms with E-state index in [4.69, 9.17) is 5.41 Å². The smallest absolute Gasteiger partial charge is 0.182 e. The zero-order chi connectivity index (χ0) is 23.0. The Morgan fingerprint density at radius 1 is 1.03 bits per heavy atom. The van der Waals surface area contributed by atoms with Gasteiger partial charge in [0.25, 0.3) is 0 Å². The fraction of sp³-hybridized carbons (Fsp3) is 0.407. The van der Waals surface area contributed by atoms with Gasteiger partial charge in [0.2, 0.25) is 0 Å². The molecule has 1 fully saturated rings. The minimum Gasteiger partial charge on any atom is -0.507 e. The fourth-order valence-corrected chi connectivity index (χ4v) is 3.94. The normalized spacial score (nSPS) is 15.8. The lowest BCUT2D eigenvalue weighted by atomic mass is 9.78. The Labute approximate surface area is 198 Å². The first kappa shape index (κ1) is 25.7. The molecule has 3 rings (SSSR count). The van der Waals surface area contributed by atoms with E-state index in [9.17, 15) is 9.90 Å². The molecule has 0 unspecified atom stereocenters. The van der Waals surface area contributed by atoms with E-state index in [-0.39, 0.29) is 41.3 Å². The number of hydrogen-bond donors (Lipinski definition) is 2. The maximum absolute atomic E-state index is 13.2. The summed E-state index contributed by atoms with van der Waals surface area (Å²) in [6.07, 6.45) is 2.79. The number of ketones is 1. The van der Waals surface area contributed by atoms with Crippen molar-refractivity contribution in [3.8, 4) is 5.75 Å². The van der Waals surface area contributed by atoms with Crippen molar-refractivity contribution >= 4 is 30.1 Å². The molecule has 2 aromatic rings. The summed E-state index contributed by atoms with van der Waals surface area (Å²) in [5.41, 5.74) is 3.61. The number of nitrogens with zero attached hydrogens (tertiary/aromatic N) is 1. The standard InChI is InChI=1S/C27H34N2O2.ClH/c1-26(2,3)21-15-20(16-22(24(21)31)27(4,5)6)23(30)17-29-13-12-19(25(29)28)14-18-10-8-7-9-11-18;/h7-11,14-16,28,31H,12-13,17H2,1-6H3;1H/b19-14-,28-25?;. The predicted octanol–water partition coefficient (Wildman–Crippen LogP) is 6.36. The van der Waals surface area contributed by atoms with E-state index in [1.807, 2.05) is 95.0 Å². The molecule has 0 aromatic heterocycles. The zero-order valence-corrected chi connectivity index (χ0v) is 20.8. The van der Waals surface area contributed by atoms with Gasteiger partial charge >= 0.3 is 0 Å². The van der Waals surface area contributed by atoms with Crippen LogP contribution in [0.2, 0.25) is 0 Å². The highest BCUT2D eigenvalue weighted by Crippen LogP contribution is 2.40. The van der Waals surface area contributed by atoms with Crippen molar-refractivity contribution in [2.75, 3.05) is 13.1 Å². The van der Waals surface area contributed by atoms with Crippen LogP contribution in [0.5, 0.6) is 5.75 Å². The molecule has 0 bridgehead atoms. The number of carbonyl (C=O) groups excluding carboxylic acids is 1. The number of benzene rings is 2. The number of amidine groups is 1. The maximum Gasteiger partial charge on any atom is 0.182 e. The topological polar surface area (TPSA) is 64.4 Å². The van der Waals surface area contributed by atoms with E-state index >= 15 is 0 Å². The van der Waals surface area contributed by atoms with Gasteiger partial charge in [-0.1, -0.05) is 71.9 Å². The van der Waals surface area contributed by atoms with Crippen LogP contribution in [0.1, 0.15) is 75.0 Å². The Bertz CT molecular complexity index is 993. The van der Waals surface area contributed by atoms with Gasteiger partial charge in [-0.2, -0.15) is 0 Å². The van der Waals surface area contributed by atoms with Crippen LogP contribution >= 0.6 is 12.4 Å². The third-order valence-corrected chi connectivity index (χ3v) is 5.79. The average molecular weight is 455 g/mol. The van der Waals surface area contributed by atoms with Crippen molar-refractivity contribution in [1.82, 2.24) is 4.90 Å². The minimum atomic E-state index is -0.285. The molecule has 0 saturated carbocycles. The molecule has 32 heavy (non-hydrogen) atoms. The zero-order valence-electron chi connectivity index (χ0n) is 20.0. The molecule has 5 heteroatoms. The number of nitrogens with one attached hydrogen (secondary N) is 1. The molecule has 0 spiro atoms. The van der Waals surface area contributed by atoms with E-state index in [0.717, 1.165) is 28.7 Å². The van der Waals surface area contributed by atoms with Crippen LogP contribution in [-0.4, -0.2) is 34.7 Å². The molecule has 2 N–H and O–H groups in total. The van der Waals surface area contributed by atoms with Crippen molar-refractivity contribution in [2.45, 2.75) is 58.8 Å². The monoisotopic (exact) mass is 454 g/mol. The molecular formula is C27H35ClN2O2. The van der Waals surface area contributed by atoms with Crippen molar-refractivity contribution in [2.24, 2.45) is 0 Å². The van der Waals surface area contributed by atoms with Crippen molar-refractivity contribution < 1.29 is 9.90 Å². The lowest BCUT2D eigenvalue weighted by Crippen LogP contribution is -2.31. The van der Waals surface area contributed by atoms with Crippen LogP contribution in [-0.2, 0) is 10.8 Å². The van der Waals surface area contributed by atoms with E-state index < -0.39 is 0 Å². The van der Waals surface area contributed by atoms with Crippen LogP contribution in [0.15, 0.2) is 48.0 Å². The molecular weight excluding hydrogens is 420 g/mol. The van der Waals surface area contributed by atoms with Gasteiger partial charge in [-0.3, -0.25) is 10.2 Å². The first-order chi connectivity index (χ1) is 14.4. The Morgan fingerprint density at radius 3 is 2.06 bits per heavy atom. The fourth-order valence-electron chi connectivity index (χ4n) is 3.94. The first-order valence-electron chi connectivity index (χ1n) is 10.9. The van der Waals surface area contributed by atoms with Gasteiger partial charge in [-0.15, -0.1) is 12.4 Å². The highest BCUT2D eigenvalue weighted by atomic mass is 35.5. The molecule has 0 radical (unpaired) electrons. The number of halogens is 1. The summed E-state index contributed by atoms with van der Waals surface area (Å²) in [5, 5.41) is 19.5. The summed E-state index contributed by atoms with van der Waals surface area (Å²) < 4.78 is 0. The molecule has 0 atom stereocenters. The van der Waals surface area contributed by atoms with E-state index in [2.05, 4.69) is 0 Å². The van der Waals surface area contributed by atoms with Crippen molar-refractivity contribution in [3.05, 3.63) is 70.3 Å². The molecule has 2 aromatic carbocycles. The molecule has 1 heterocycles. The molecule has 1 saturated heterocycles. The largest absolute Gasteiger partial charge is 0.507 e. The van der Waals surface area contributed by atoms with Gasteiger partial charge in [-0.05, 0) is 46.6 Å². The summed E-state index contributed by atoms with van der Waals surface area (Å²) in [6, 6.07) is 13.6. The van der Waals surface area contributed by atoms with Crippen molar-refractivity contribution in [1.29, 1.82) is 5.41 Å². The average Bonchev–Trinajstić information content (AvgIpc) is 3.00. The summed E-state index contributed by atoms with van der Waals surface area (Å²) in [4.78, 5) is 15.1. The summed E-state index contributed by atoms with van der Waals surface area (Å²) in [7, 11) is 0. The molecule has 0 aliphatic carbocycles. The Kier molecular flexibility index (Phi) is 7.62. The number of phenolic OH excluding ortho intramolecular Hbond substituents is 1. The first-order valence-corrected chi connectivity index (χ1v) is 10.9. The Morgan fingerprint density at radius 2 is 1.56 bits per heavy atom. The number of likely N-dealkylation sites (tertiary alicyclic amines) is 1. The van der Waals surface area contributed by atoms with Gasteiger partial charge in [0, 0.05) is 23.2 Å². The Hall–Kier alpha value is -2.59. The number of aromatic hydroxyl groups is 1. The summed E-state index contributed by atoms with van der Waals surface area (Å²) in [5.74, 6) is 0.670. The van der Waals surface area contributed by atoms with Crippen molar-refractivity contribution in [3.63, 3.8) is 0 Å². The van der Waals surface area contributed by atoms with E-state index in [1.165, 1.54) is 0 Å². The Balaban J connectivity index is 0.00000363. The highest BCUT2D eigenvalue weighted by Gasteiger charge is 2.29. The van der Waals surface area contributed by atoms with E-state index in [1.54, 1.807) is 0 Å². The number of phenols is 1. The molecule has 4 nitrogen and oxygen atoms in total. The third-order valence-electron chi connectivity index (χ3n) is 5.79. The highest BCUT2D eigenvalue weighted by molar-refractivity contribution is 6.06. The van der Waals surface area contributed by atoms with Crippen LogP contribution in [0.4, 0.5) is 0 Å². The van der Waals surface area contributed by atoms with Gasteiger partial charge in [0.15, 0.2) is 5.78 Å². The molecule has 0 amide bonds. The number of Topliss-reactive ketones (excluding diaryl/α,β-unsaturated/α-hetero) is 1. The lowest BCUT2D eigenvalue weighted by molar-refractivity contribution is 0.0965. The second-order valence-corrected chi connectivity index (χ2v) is 10.4. The lowest BCUT2D eigenvalue weighted by Gasteiger charge is -2.28. The summed E-state index contributed by atoms with van der Waals surface area (Å²) >= 11 is 0.